The van der Waals surface area contributed by atoms with Gasteiger partial charge < -0.3 is 10.2 Å². The molecule has 1 aliphatic heterocycles. The Bertz CT molecular complexity index is 520. The van der Waals surface area contributed by atoms with E-state index in [-0.39, 0.29) is 17.3 Å². The van der Waals surface area contributed by atoms with E-state index in [0.717, 1.165) is 26.1 Å². The fraction of sp³-hybridized carbons (Fsp3) is 0.462. The zero-order valence-corrected chi connectivity index (χ0v) is 10.8. The summed E-state index contributed by atoms with van der Waals surface area (Å²) in [7, 11) is 0. The lowest BCUT2D eigenvalue weighted by Gasteiger charge is -2.39. The summed E-state index contributed by atoms with van der Waals surface area (Å²) in [6, 6.07) is 7.10. The summed E-state index contributed by atoms with van der Waals surface area (Å²) in [5.74, 6) is 0. The molecule has 1 heterocycles. The van der Waals surface area contributed by atoms with Crippen molar-refractivity contribution < 1.29 is 4.92 Å². The van der Waals surface area contributed by atoms with Gasteiger partial charge in [-0.05, 0) is 18.6 Å². The highest BCUT2D eigenvalue weighted by molar-refractivity contribution is 5.70. The average molecular weight is 260 g/mol. The first-order valence-electron chi connectivity index (χ1n) is 6.34. The van der Waals surface area contributed by atoms with Crippen LogP contribution in [0.2, 0.25) is 0 Å². The number of para-hydroxylation sites is 1. The Kier molecular flexibility index (Phi) is 3.97. The summed E-state index contributed by atoms with van der Waals surface area (Å²) in [5.41, 5.74) is 0.596. The van der Waals surface area contributed by atoms with E-state index in [4.69, 9.17) is 5.26 Å². The molecule has 0 atom stereocenters. The topological polar surface area (TPSA) is 82.2 Å². The van der Waals surface area contributed by atoms with Gasteiger partial charge in [0.25, 0.3) is 0 Å². The molecule has 2 rings (SSSR count). The second-order valence-electron chi connectivity index (χ2n) is 4.55. The molecular formula is C13H16N4O2. The van der Waals surface area contributed by atoms with E-state index in [2.05, 4.69) is 5.32 Å². The predicted molar refractivity (Wildman–Crippen MR) is 72.1 cm³/mol. The minimum Gasteiger partial charge on any atom is -0.360 e. The van der Waals surface area contributed by atoms with E-state index >= 15 is 0 Å². The molecule has 0 bridgehead atoms. The number of nitriles is 1. The first kappa shape index (κ1) is 13.3. The number of hydrogen-bond acceptors (Lipinski definition) is 5. The van der Waals surface area contributed by atoms with Gasteiger partial charge in [0.05, 0.1) is 11.0 Å². The van der Waals surface area contributed by atoms with Gasteiger partial charge in [-0.2, -0.15) is 5.26 Å². The van der Waals surface area contributed by atoms with E-state index in [1.54, 1.807) is 12.1 Å². The SMILES string of the molecule is CCCN(c1cccc(C#N)c1[N+](=O)[O-])C1CNC1. The normalized spacial score (nSPS) is 14.5. The van der Waals surface area contributed by atoms with Gasteiger partial charge in [0, 0.05) is 19.6 Å². The second-order valence-corrected chi connectivity index (χ2v) is 4.55. The van der Waals surface area contributed by atoms with Crippen LogP contribution in [0.3, 0.4) is 0 Å². The monoisotopic (exact) mass is 260 g/mol. The third kappa shape index (κ3) is 2.51. The molecule has 0 unspecified atom stereocenters. The number of nitrogens with zero attached hydrogens (tertiary/aromatic N) is 3. The van der Waals surface area contributed by atoms with Crippen LogP contribution in [0.4, 0.5) is 11.4 Å². The lowest BCUT2D eigenvalue weighted by Crippen LogP contribution is -2.57. The molecule has 0 amide bonds. The van der Waals surface area contributed by atoms with Crippen LogP contribution >= 0.6 is 0 Å². The minimum absolute atomic E-state index is 0.0784. The van der Waals surface area contributed by atoms with Crippen molar-refractivity contribution in [3.63, 3.8) is 0 Å². The summed E-state index contributed by atoms with van der Waals surface area (Å²) in [6.45, 7) is 4.45. The molecule has 1 aliphatic rings. The Labute approximate surface area is 111 Å². The average Bonchev–Trinajstić information content (AvgIpc) is 2.35. The van der Waals surface area contributed by atoms with E-state index in [1.807, 2.05) is 17.9 Å². The van der Waals surface area contributed by atoms with Crippen LogP contribution in [0.5, 0.6) is 0 Å². The van der Waals surface area contributed by atoms with Gasteiger partial charge in [0.2, 0.25) is 0 Å². The molecule has 100 valence electrons. The molecular weight excluding hydrogens is 244 g/mol. The van der Waals surface area contributed by atoms with Gasteiger partial charge in [-0.3, -0.25) is 10.1 Å². The fourth-order valence-electron chi connectivity index (χ4n) is 2.28. The third-order valence-electron chi connectivity index (χ3n) is 3.29. The Morgan fingerprint density at radius 3 is 2.79 bits per heavy atom. The number of benzene rings is 1. The molecule has 6 heteroatoms. The highest BCUT2D eigenvalue weighted by Gasteiger charge is 2.30. The van der Waals surface area contributed by atoms with E-state index in [0.29, 0.717) is 5.69 Å². The molecule has 0 saturated carbocycles. The van der Waals surface area contributed by atoms with E-state index < -0.39 is 4.92 Å². The minimum atomic E-state index is -0.456. The largest absolute Gasteiger partial charge is 0.360 e. The van der Waals surface area contributed by atoms with Crippen LogP contribution < -0.4 is 10.2 Å². The fourth-order valence-corrected chi connectivity index (χ4v) is 2.28. The van der Waals surface area contributed by atoms with E-state index in [9.17, 15) is 10.1 Å². The molecule has 19 heavy (non-hydrogen) atoms. The molecule has 0 radical (unpaired) electrons. The van der Waals surface area contributed by atoms with Crippen molar-refractivity contribution in [1.29, 1.82) is 5.26 Å². The van der Waals surface area contributed by atoms with Crippen molar-refractivity contribution in [2.45, 2.75) is 19.4 Å². The molecule has 1 N–H and O–H groups in total. The number of anilines is 1. The summed E-state index contributed by atoms with van der Waals surface area (Å²) in [5, 5.41) is 23.4. The van der Waals surface area contributed by atoms with Crippen LogP contribution in [0.25, 0.3) is 0 Å². The van der Waals surface area contributed by atoms with Gasteiger partial charge in [-0.15, -0.1) is 0 Å². The number of nitrogens with one attached hydrogen (secondary N) is 1. The molecule has 1 saturated heterocycles. The number of rotatable bonds is 5. The van der Waals surface area contributed by atoms with Crippen molar-refractivity contribution in [3.05, 3.63) is 33.9 Å². The Hall–Kier alpha value is -2.13. The highest BCUT2D eigenvalue weighted by atomic mass is 16.6. The summed E-state index contributed by atoms with van der Waals surface area (Å²) in [4.78, 5) is 12.8. The van der Waals surface area contributed by atoms with Gasteiger partial charge in [0.15, 0.2) is 0 Å². The van der Waals surface area contributed by atoms with Gasteiger partial charge in [0.1, 0.15) is 17.3 Å². The third-order valence-corrected chi connectivity index (χ3v) is 3.29. The smallest absolute Gasteiger partial charge is 0.310 e. The lowest BCUT2D eigenvalue weighted by molar-refractivity contribution is -0.384. The number of hydrogen-bond donors (Lipinski definition) is 1. The first-order valence-corrected chi connectivity index (χ1v) is 6.34. The Morgan fingerprint density at radius 1 is 1.58 bits per heavy atom. The maximum absolute atomic E-state index is 11.3. The quantitative estimate of drug-likeness (QED) is 0.643. The van der Waals surface area contributed by atoms with Crippen LogP contribution in [-0.2, 0) is 0 Å². The summed E-state index contributed by atoms with van der Waals surface area (Å²) in [6.07, 6.45) is 0.907. The van der Waals surface area contributed by atoms with Gasteiger partial charge in [-0.1, -0.05) is 13.0 Å². The van der Waals surface area contributed by atoms with Crippen molar-refractivity contribution in [2.75, 3.05) is 24.5 Å². The number of nitro groups is 1. The van der Waals surface area contributed by atoms with Crippen LogP contribution in [-0.4, -0.2) is 30.6 Å². The molecule has 0 spiro atoms. The molecule has 1 aromatic rings. The zero-order valence-electron chi connectivity index (χ0n) is 10.8. The Morgan fingerprint density at radius 2 is 2.32 bits per heavy atom. The lowest BCUT2D eigenvalue weighted by atomic mass is 10.1. The molecule has 0 aromatic heterocycles. The standard InChI is InChI=1S/C13H16N4O2/c1-2-6-16(11-8-15-9-11)12-5-3-4-10(7-14)13(12)17(18)19/h3-5,11,15H,2,6,8-9H2,1H3. The van der Waals surface area contributed by atoms with Crippen LogP contribution in [0.15, 0.2) is 18.2 Å². The van der Waals surface area contributed by atoms with Crippen LogP contribution in [0.1, 0.15) is 18.9 Å². The van der Waals surface area contributed by atoms with E-state index in [1.165, 1.54) is 6.07 Å². The van der Waals surface area contributed by atoms with Crippen LogP contribution in [0, 0.1) is 21.4 Å². The Balaban J connectivity index is 2.46. The first-order chi connectivity index (χ1) is 9.19. The second kappa shape index (κ2) is 5.67. The highest BCUT2D eigenvalue weighted by Crippen LogP contribution is 2.33. The van der Waals surface area contributed by atoms with Crippen molar-refractivity contribution in [3.8, 4) is 6.07 Å². The molecule has 6 nitrogen and oxygen atoms in total. The summed E-state index contributed by atoms with van der Waals surface area (Å²) >= 11 is 0. The zero-order chi connectivity index (χ0) is 13.8. The van der Waals surface area contributed by atoms with Crippen molar-refractivity contribution in [1.82, 2.24) is 5.32 Å². The number of nitro benzene ring substituents is 1. The molecule has 0 aliphatic carbocycles. The van der Waals surface area contributed by atoms with Gasteiger partial charge in [-0.25, -0.2) is 0 Å². The molecule has 1 fully saturated rings. The van der Waals surface area contributed by atoms with Gasteiger partial charge >= 0.3 is 5.69 Å². The summed E-state index contributed by atoms with van der Waals surface area (Å²) < 4.78 is 0. The maximum atomic E-state index is 11.3. The molecule has 1 aromatic carbocycles. The maximum Gasteiger partial charge on any atom is 0.310 e. The predicted octanol–water partition coefficient (Wildman–Crippen LogP) is 1.65. The van der Waals surface area contributed by atoms with Crippen molar-refractivity contribution >= 4 is 11.4 Å². The van der Waals surface area contributed by atoms with Crippen molar-refractivity contribution in [2.24, 2.45) is 0 Å².